The number of aromatic nitrogens is 1. The maximum atomic E-state index is 11.7. The highest BCUT2D eigenvalue weighted by Crippen LogP contribution is 2.32. The first-order valence-corrected chi connectivity index (χ1v) is 6.08. The molecule has 3 rings (SSSR count). The molecule has 0 fully saturated rings. The third kappa shape index (κ3) is 1.95. The van der Waals surface area contributed by atoms with E-state index < -0.39 is 0 Å². The Bertz CT molecular complexity index is 652. The Hall–Kier alpha value is -2.36. The molecule has 0 spiro atoms. The highest BCUT2D eigenvalue weighted by Gasteiger charge is 2.23. The average molecular weight is 254 g/mol. The van der Waals surface area contributed by atoms with E-state index in [1.165, 1.54) is 0 Å². The maximum absolute atomic E-state index is 11.7. The fraction of sp³-hybridized carbons (Fsp3) is 0.200. The first kappa shape index (κ1) is 11.7. The van der Waals surface area contributed by atoms with Crippen LogP contribution < -0.4 is 9.64 Å². The van der Waals surface area contributed by atoms with Crippen molar-refractivity contribution in [2.24, 2.45) is 0 Å². The Kier molecular flexibility index (Phi) is 2.71. The molecule has 96 valence electrons. The van der Waals surface area contributed by atoms with E-state index in [0.717, 1.165) is 28.1 Å². The number of carbonyl (C=O) groups is 1. The number of carbonyl (C=O) groups excluding carboxylic acids is 1. The predicted octanol–water partition coefficient (Wildman–Crippen LogP) is 2.28. The normalized spacial score (nSPS) is 13.6. The van der Waals surface area contributed by atoms with Crippen molar-refractivity contribution >= 4 is 11.6 Å². The molecule has 0 saturated carbocycles. The largest absolute Gasteiger partial charge is 0.495 e. The van der Waals surface area contributed by atoms with Gasteiger partial charge in [-0.2, -0.15) is 0 Å². The van der Waals surface area contributed by atoms with Crippen LogP contribution >= 0.6 is 0 Å². The van der Waals surface area contributed by atoms with E-state index in [0.29, 0.717) is 6.42 Å². The lowest BCUT2D eigenvalue weighted by Crippen LogP contribution is -2.20. The molecule has 0 atom stereocenters. The molecule has 4 nitrogen and oxygen atoms in total. The number of amides is 1. The van der Waals surface area contributed by atoms with E-state index in [1.54, 1.807) is 31.5 Å². The summed E-state index contributed by atoms with van der Waals surface area (Å²) in [7, 11) is 3.43. The lowest BCUT2D eigenvalue weighted by Gasteiger charge is -2.10. The molecule has 1 aliphatic heterocycles. The second-order valence-corrected chi connectivity index (χ2v) is 4.59. The summed E-state index contributed by atoms with van der Waals surface area (Å²) in [6.45, 7) is 0. The van der Waals surface area contributed by atoms with E-state index in [2.05, 4.69) is 4.98 Å². The summed E-state index contributed by atoms with van der Waals surface area (Å²) < 4.78 is 5.18. The van der Waals surface area contributed by atoms with Gasteiger partial charge in [0.15, 0.2) is 0 Å². The highest BCUT2D eigenvalue weighted by atomic mass is 16.5. The maximum Gasteiger partial charge on any atom is 0.231 e. The zero-order valence-corrected chi connectivity index (χ0v) is 10.9. The third-order valence-electron chi connectivity index (χ3n) is 3.44. The van der Waals surface area contributed by atoms with E-state index >= 15 is 0 Å². The van der Waals surface area contributed by atoms with E-state index in [1.807, 2.05) is 24.3 Å². The number of hydrogen-bond donors (Lipinski definition) is 0. The Balaban J connectivity index is 2.03. The van der Waals surface area contributed by atoms with Crippen LogP contribution in [0.25, 0.3) is 11.1 Å². The number of fused-ring (bicyclic) bond motifs is 1. The van der Waals surface area contributed by atoms with Crippen molar-refractivity contribution in [3.63, 3.8) is 0 Å². The third-order valence-corrected chi connectivity index (χ3v) is 3.44. The molecule has 1 aromatic heterocycles. The van der Waals surface area contributed by atoms with Crippen LogP contribution in [-0.2, 0) is 11.2 Å². The Morgan fingerprint density at radius 2 is 2.05 bits per heavy atom. The molecule has 1 amide bonds. The van der Waals surface area contributed by atoms with Crippen LogP contribution in [0.5, 0.6) is 5.75 Å². The number of anilines is 1. The van der Waals surface area contributed by atoms with Crippen molar-refractivity contribution in [3.8, 4) is 16.9 Å². The van der Waals surface area contributed by atoms with Gasteiger partial charge in [-0.1, -0.05) is 6.07 Å². The van der Waals surface area contributed by atoms with Gasteiger partial charge in [0, 0.05) is 24.5 Å². The van der Waals surface area contributed by atoms with Gasteiger partial charge in [-0.15, -0.1) is 0 Å². The molecule has 2 aromatic rings. The molecular formula is C15H14N2O2. The average Bonchev–Trinajstić information content (AvgIpc) is 2.73. The predicted molar refractivity (Wildman–Crippen MR) is 73.3 cm³/mol. The van der Waals surface area contributed by atoms with Crippen molar-refractivity contribution in [1.82, 2.24) is 4.98 Å². The lowest BCUT2D eigenvalue weighted by atomic mass is 10.0. The molecule has 1 aromatic carbocycles. The quantitative estimate of drug-likeness (QED) is 0.825. The molecule has 0 radical (unpaired) electrons. The standard InChI is InChI=1S/C15H14N2O2/c1-17-14-4-3-10(5-11(14)7-15(17)18)12-6-13(19-2)9-16-8-12/h3-6,8-9H,7H2,1-2H3. The molecule has 1 aliphatic rings. The summed E-state index contributed by atoms with van der Waals surface area (Å²) >= 11 is 0. The number of methoxy groups -OCH3 is 1. The molecule has 4 heteroatoms. The summed E-state index contributed by atoms with van der Waals surface area (Å²) in [4.78, 5) is 17.5. The number of pyridine rings is 1. The zero-order chi connectivity index (χ0) is 13.4. The van der Waals surface area contributed by atoms with Crippen molar-refractivity contribution in [1.29, 1.82) is 0 Å². The summed E-state index contributed by atoms with van der Waals surface area (Å²) in [6.07, 6.45) is 3.94. The highest BCUT2D eigenvalue weighted by molar-refractivity contribution is 6.01. The number of nitrogens with zero attached hydrogens (tertiary/aromatic N) is 2. The van der Waals surface area contributed by atoms with Crippen LogP contribution in [0, 0.1) is 0 Å². The summed E-state index contributed by atoms with van der Waals surface area (Å²) in [6, 6.07) is 7.97. The van der Waals surface area contributed by atoms with Crippen LogP contribution in [0.1, 0.15) is 5.56 Å². The monoisotopic (exact) mass is 254 g/mol. The zero-order valence-electron chi connectivity index (χ0n) is 10.9. The molecule has 0 bridgehead atoms. The van der Waals surface area contributed by atoms with Gasteiger partial charge < -0.3 is 9.64 Å². The number of hydrogen-bond acceptors (Lipinski definition) is 3. The van der Waals surface area contributed by atoms with Crippen LogP contribution in [0.4, 0.5) is 5.69 Å². The van der Waals surface area contributed by atoms with Gasteiger partial charge >= 0.3 is 0 Å². The molecule has 0 N–H and O–H groups in total. The van der Waals surface area contributed by atoms with Gasteiger partial charge in [0.05, 0.1) is 19.7 Å². The van der Waals surface area contributed by atoms with Gasteiger partial charge in [-0.05, 0) is 29.3 Å². The van der Waals surface area contributed by atoms with Gasteiger partial charge in [-0.3, -0.25) is 9.78 Å². The lowest BCUT2D eigenvalue weighted by molar-refractivity contribution is -0.117. The van der Waals surface area contributed by atoms with Crippen molar-refractivity contribution < 1.29 is 9.53 Å². The SMILES string of the molecule is COc1cncc(-c2ccc3c(c2)CC(=O)N3C)c1. The summed E-state index contributed by atoms with van der Waals surface area (Å²) in [5, 5.41) is 0. The van der Waals surface area contributed by atoms with Gasteiger partial charge in [0.1, 0.15) is 5.75 Å². The number of likely N-dealkylation sites (N-methyl/N-ethyl adjacent to an activating group) is 1. The number of benzene rings is 1. The Morgan fingerprint density at radius 1 is 1.21 bits per heavy atom. The minimum atomic E-state index is 0.135. The Labute approximate surface area is 111 Å². The first-order valence-electron chi connectivity index (χ1n) is 6.08. The number of rotatable bonds is 2. The second kappa shape index (κ2) is 4.39. The molecule has 0 unspecified atom stereocenters. The fourth-order valence-electron chi connectivity index (χ4n) is 2.34. The van der Waals surface area contributed by atoms with E-state index in [4.69, 9.17) is 4.74 Å². The van der Waals surface area contributed by atoms with Gasteiger partial charge in [-0.25, -0.2) is 0 Å². The van der Waals surface area contributed by atoms with Crippen LogP contribution in [0.15, 0.2) is 36.7 Å². The molecule has 2 heterocycles. The smallest absolute Gasteiger partial charge is 0.231 e. The van der Waals surface area contributed by atoms with Crippen molar-refractivity contribution in [2.45, 2.75) is 6.42 Å². The molecule has 0 aliphatic carbocycles. The minimum Gasteiger partial charge on any atom is -0.495 e. The Morgan fingerprint density at radius 3 is 2.84 bits per heavy atom. The van der Waals surface area contributed by atoms with Crippen molar-refractivity contribution in [2.75, 3.05) is 19.1 Å². The number of ether oxygens (including phenoxy) is 1. The fourth-order valence-corrected chi connectivity index (χ4v) is 2.34. The minimum absolute atomic E-state index is 0.135. The van der Waals surface area contributed by atoms with Crippen LogP contribution in [-0.4, -0.2) is 25.0 Å². The second-order valence-electron chi connectivity index (χ2n) is 4.59. The molecular weight excluding hydrogens is 240 g/mol. The van der Waals surface area contributed by atoms with Crippen LogP contribution in [0.2, 0.25) is 0 Å². The first-order chi connectivity index (χ1) is 9.19. The topological polar surface area (TPSA) is 42.4 Å². The van der Waals surface area contributed by atoms with Gasteiger partial charge in [0.25, 0.3) is 0 Å². The summed E-state index contributed by atoms with van der Waals surface area (Å²) in [5.41, 5.74) is 4.09. The van der Waals surface area contributed by atoms with Crippen molar-refractivity contribution in [3.05, 3.63) is 42.2 Å². The summed E-state index contributed by atoms with van der Waals surface area (Å²) in [5.74, 6) is 0.863. The van der Waals surface area contributed by atoms with E-state index in [-0.39, 0.29) is 5.91 Å². The van der Waals surface area contributed by atoms with Crippen LogP contribution in [0.3, 0.4) is 0 Å². The molecule has 0 saturated heterocycles. The van der Waals surface area contributed by atoms with Gasteiger partial charge in [0.2, 0.25) is 5.91 Å². The van der Waals surface area contributed by atoms with E-state index in [9.17, 15) is 4.79 Å². The molecule has 19 heavy (non-hydrogen) atoms.